The highest BCUT2D eigenvalue weighted by molar-refractivity contribution is 6.32. The summed E-state index contributed by atoms with van der Waals surface area (Å²) in [5.41, 5.74) is 3.46. The second kappa shape index (κ2) is 8.96. The Morgan fingerprint density at radius 3 is 2.44 bits per heavy atom. The number of hydrogen-bond acceptors (Lipinski definition) is 6. The molecule has 0 fully saturated rings. The van der Waals surface area contributed by atoms with Crippen LogP contribution in [0.5, 0.6) is 5.75 Å². The monoisotopic (exact) mass is 470 g/mol. The van der Waals surface area contributed by atoms with E-state index in [1.54, 1.807) is 43.5 Å². The summed E-state index contributed by atoms with van der Waals surface area (Å²) in [6.45, 7) is 0.330. The van der Waals surface area contributed by atoms with Gasteiger partial charge in [0.05, 0.1) is 23.4 Å². The molecule has 0 radical (unpaired) electrons. The Morgan fingerprint density at radius 2 is 1.71 bits per heavy atom. The first-order valence-electron chi connectivity index (χ1n) is 10.5. The zero-order valence-electron chi connectivity index (χ0n) is 18.1. The molecule has 5 rings (SSSR count). The molecule has 1 aromatic heterocycles. The molecule has 7 nitrogen and oxygen atoms in total. The number of hydrogen-bond donors (Lipinski definition) is 2. The lowest BCUT2D eigenvalue weighted by molar-refractivity contribution is 0.101. The Hall–Kier alpha value is -4.23. The average molecular weight is 471 g/mol. The van der Waals surface area contributed by atoms with Crippen LogP contribution in [0.15, 0.2) is 72.8 Å². The molecule has 0 bridgehead atoms. The van der Waals surface area contributed by atoms with Crippen LogP contribution in [0.3, 0.4) is 0 Å². The summed E-state index contributed by atoms with van der Waals surface area (Å²) in [6.07, 6.45) is 0. The predicted molar refractivity (Wildman–Crippen MR) is 131 cm³/mol. The predicted octanol–water partition coefficient (Wildman–Crippen LogP) is 5.21. The van der Waals surface area contributed by atoms with Gasteiger partial charge < -0.3 is 15.4 Å². The number of aromatic nitrogens is 2. The molecule has 0 spiro atoms. The number of ketones is 1. The highest BCUT2D eigenvalue weighted by Gasteiger charge is 2.33. The molecular formula is C26H19ClN4O3. The van der Waals surface area contributed by atoms with Crippen LogP contribution in [0.1, 0.15) is 32.1 Å². The van der Waals surface area contributed by atoms with Crippen molar-refractivity contribution in [3.05, 3.63) is 100 Å². The molecular weight excluding hydrogens is 452 g/mol. The molecule has 0 atom stereocenters. The van der Waals surface area contributed by atoms with Crippen molar-refractivity contribution in [1.82, 2.24) is 9.97 Å². The van der Waals surface area contributed by atoms with E-state index in [2.05, 4.69) is 20.6 Å². The van der Waals surface area contributed by atoms with Crippen molar-refractivity contribution in [2.75, 3.05) is 17.7 Å². The molecule has 1 heterocycles. The van der Waals surface area contributed by atoms with E-state index < -0.39 is 5.91 Å². The fourth-order valence-corrected chi connectivity index (χ4v) is 4.12. The minimum absolute atomic E-state index is 0.0395. The van der Waals surface area contributed by atoms with Gasteiger partial charge in [-0.05, 0) is 29.8 Å². The van der Waals surface area contributed by atoms with Crippen molar-refractivity contribution in [2.45, 2.75) is 6.54 Å². The number of anilines is 2. The molecule has 34 heavy (non-hydrogen) atoms. The number of nitrogens with one attached hydrogen (secondary N) is 2. The maximum Gasteiger partial charge on any atom is 0.293 e. The lowest BCUT2D eigenvalue weighted by Gasteiger charge is -2.13. The Kier molecular flexibility index (Phi) is 5.69. The minimum Gasteiger partial charge on any atom is -0.495 e. The largest absolute Gasteiger partial charge is 0.495 e. The molecule has 0 aliphatic heterocycles. The van der Waals surface area contributed by atoms with Gasteiger partial charge in [-0.15, -0.1) is 0 Å². The van der Waals surface area contributed by atoms with Crippen LogP contribution in [-0.4, -0.2) is 28.8 Å². The molecule has 3 aromatic carbocycles. The summed E-state index contributed by atoms with van der Waals surface area (Å²) in [5.74, 6) is 0.162. The summed E-state index contributed by atoms with van der Waals surface area (Å²) in [7, 11) is 1.55. The van der Waals surface area contributed by atoms with Gasteiger partial charge in [0.25, 0.3) is 5.91 Å². The van der Waals surface area contributed by atoms with Crippen LogP contribution >= 0.6 is 11.6 Å². The number of rotatable bonds is 6. The number of carbonyl (C=O) groups is 2. The standard InChI is InChI=1S/C26H19ClN4O3/c1-34-20-12-11-15(13-19(20)27)14-28-24-21-22(17-9-5-6-10-18(17)23(21)32)30-25(31-24)26(33)29-16-7-3-2-4-8-16/h2-13H,14H2,1H3,(H,29,33)(H,28,30,31). The minimum atomic E-state index is -0.471. The van der Waals surface area contributed by atoms with Crippen molar-refractivity contribution < 1.29 is 14.3 Å². The summed E-state index contributed by atoms with van der Waals surface area (Å²) in [4.78, 5) is 35.0. The van der Waals surface area contributed by atoms with Gasteiger partial charge in [0.1, 0.15) is 11.6 Å². The fourth-order valence-electron chi connectivity index (χ4n) is 3.84. The van der Waals surface area contributed by atoms with Crippen molar-refractivity contribution in [3.63, 3.8) is 0 Å². The molecule has 168 valence electrons. The molecule has 1 amide bonds. The Labute approximate surface area is 200 Å². The summed E-state index contributed by atoms with van der Waals surface area (Å²) in [6, 6.07) is 21.6. The highest BCUT2D eigenvalue weighted by Crippen LogP contribution is 2.38. The summed E-state index contributed by atoms with van der Waals surface area (Å²) < 4.78 is 5.20. The number of amides is 1. The van der Waals surface area contributed by atoms with E-state index in [0.29, 0.717) is 45.4 Å². The number of carbonyl (C=O) groups excluding carboxylic acids is 2. The first-order chi connectivity index (χ1) is 16.5. The Balaban J connectivity index is 1.52. The van der Waals surface area contributed by atoms with Crippen LogP contribution in [0, 0.1) is 0 Å². The second-order valence-corrected chi connectivity index (χ2v) is 8.04. The first-order valence-corrected chi connectivity index (χ1v) is 10.9. The van der Waals surface area contributed by atoms with Crippen LogP contribution in [0.25, 0.3) is 11.3 Å². The third kappa shape index (κ3) is 3.97. The van der Waals surface area contributed by atoms with Gasteiger partial charge in [0.15, 0.2) is 5.78 Å². The lowest BCUT2D eigenvalue weighted by atomic mass is 10.1. The molecule has 1 aliphatic carbocycles. The van der Waals surface area contributed by atoms with E-state index in [-0.39, 0.29) is 17.4 Å². The average Bonchev–Trinajstić information content (AvgIpc) is 3.15. The van der Waals surface area contributed by atoms with Crippen LogP contribution in [0.2, 0.25) is 5.02 Å². The van der Waals surface area contributed by atoms with Gasteiger partial charge in [-0.3, -0.25) is 9.59 Å². The van der Waals surface area contributed by atoms with Gasteiger partial charge in [-0.1, -0.05) is 60.1 Å². The molecule has 4 aromatic rings. The zero-order valence-corrected chi connectivity index (χ0v) is 18.9. The van der Waals surface area contributed by atoms with Crippen molar-refractivity contribution in [1.29, 1.82) is 0 Å². The van der Waals surface area contributed by atoms with Crippen molar-refractivity contribution >= 4 is 34.8 Å². The van der Waals surface area contributed by atoms with E-state index in [9.17, 15) is 9.59 Å². The highest BCUT2D eigenvalue weighted by atomic mass is 35.5. The van der Waals surface area contributed by atoms with E-state index in [1.807, 2.05) is 36.4 Å². The molecule has 8 heteroatoms. The molecule has 2 N–H and O–H groups in total. The van der Waals surface area contributed by atoms with Crippen molar-refractivity contribution in [2.24, 2.45) is 0 Å². The van der Waals surface area contributed by atoms with Gasteiger partial charge in [0, 0.05) is 23.4 Å². The molecule has 0 saturated carbocycles. The fraction of sp³-hybridized carbons (Fsp3) is 0.0769. The Morgan fingerprint density at radius 1 is 0.971 bits per heavy atom. The second-order valence-electron chi connectivity index (χ2n) is 7.64. The first kappa shape index (κ1) is 21.6. The van der Waals surface area contributed by atoms with Gasteiger partial charge in [0.2, 0.25) is 5.82 Å². The van der Waals surface area contributed by atoms with E-state index >= 15 is 0 Å². The third-order valence-electron chi connectivity index (χ3n) is 5.47. The number of benzene rings is 3. The van der Waals surface area contributed by atoms with Gasteiger partial charge in [-0.2, -0.15) is 0 Å². The lowest BCUT2D eigenvalue weighted by Crippen LogP contribution is -2.18. The topological polar surface area (TPSA) is 93.2 Å². The molecule has 1 aliphatic rings. The molecule has 0 saturated heterocycles. The maximum atomic E-state index is 13.2. The van der Waals surface area contributed by atoms with E-state index in [4.69, 9.17) is 16.3 Å². The van der Waals surface area contributed by atoms with Crippen molar-refractivity contribution in [3.8, 4) is 17.0 Å². The van der Waals surface area contributed by atoms with Crippen LogP contribution in [-0.2, 0) is 6.54 Å². The summed E-state index contributed by atoms with van der Waals surface area (Å²) in [5, 5.41) is 6.47. The van der Waals surface area contributed by atoms with E-state index in [0.717, 1.165) is 5.56 Å². The quantitative estimate of drug-likeness (QED) is 0.353. The number of methoxy groups -OCH3 is 1. The normalized spacial score (nSPS) is 11.5. The Bertz CT molecular complexity index is 1420. The third-order valence-corrected chi connectivity index (χ3v) is 5.77. The number of ether oxygens (including phenoxy) is 1. The zero-order chi connectivity index (χ0) is 23.7. The number of nitrogens with zero attached hydrogens (tertiary/aromatic N) is 2. The number of halogens is 1. The van der Waals surface area contributed by atoms with E-state index in [1.165, 1.54) is 0 Å². The summed E-state index contributed by atoms with van der Waals surface area (Å²) >= 11 is 6.25. The van der Waals surface area contributed by atoms with Gasteiger partial charge >= 0.3 is 0 Å². The smallest absolute Gasteiger partial charge is 0.293 e. The molecule has 0 unspecified atom stereocenters. The number of para-hydroxylation sites is 1. The SMILES string of the molecule is COc1ccc(CNc2nc(C(=O)Nc3ccccc3)nc3c2C(=O)c2ccccc2-3)cc1Cl. The number of fused-ring (bicyclic) bond motifs is 3. The van der Waals surface area contributed by atoms with Crippen LogP contribution in [0.4, 0.5) is 11.5 Å². The maximum absolute atomic E-state index is 13.2. The van der Waals surface area contributed by atoms with Crippen LogP contribution < -0.4 is 15.4 Å². The van der Waals surface area contributed by atoms with Gasteiger partial charge in [-0.25, -0.2) is 9.97 Å².